The number of benzene rings is 1. The maximum atomic E-state index is 12.8. The SMILES string of the molecule is CC1(C)SC=CC=C(S(=O)(=O)c2ccc(Br)cc2)N1C(=O)O. The first-order chi connectivity index (χ1) is 10.2. The fourth-order valence-corrected chi connectivity index (χ4v) is 4.62. The van der Waals surface area contributed by atoms with Crippen molar-refractivity contribution in [2.45, 2.75) is 23.6 Å². The van der Waals surface area contributed by atoms with Gasteiger partial charge in [0.25, 0.3) is 0 Å². The first-order valence-corrected chi connectivity index (χ1v) is 9.40. The van der Waals surface area contributed by atoms with Crippen LogP contribution < -0.4 is 0 Å². The van der Waals surface area contributed by atoms with Crippen LogP contribution in [-0.4, -0.2) is 29.4 Å². The number of rotatable bonds is 2. The Bertz CT molecular complexity index is 752. The summed E-state index contributed by atoms with van der Waals surface area (Å²) in [5, 5.41) is 10.9. The number of carboxylic acid groups (broad SMARTS) is 1. The summed E-state index contributed by atoms with van der Waals surface area (Å²) >= 11 is 4.48. The summed E-state index contributed by atoms with van der Waals surface area (Å²) in [4.78, 5) is 11.6. The predicted molar refractivity (Wildman–Crippen MR) is 90.1 cm³/mol. The van der Waals surface area contributed by atoms with E-state index in [4.69, 9.17) is 0 Å². The largest absolute Gasteiger partial charge is 0.465 e. The summed E-state index contributed by atoms with van der Waals surface area (Å²) in [6.07, 6.45) is 1.54. The molecule has 0 saturated heterocycles. The van der Waals surface area contributed by atoms with Crippen LogP contribution in [0.5, 0.6) is 0 Å². The second-order valence-electron chi connectivity index (χ2n) is 4.97. The van der Waals surface area contributed by atoms with Gasteiger partial charge < -0.3 is 5.11 Å². The molecule has 0 atom stereocenters. The number of nitrogens with zero attached hydrogens (tertiary/aromatic N) is 1. The molecule has 8 heteroatoms. The molecule has 0 fully saturated rings. The van der Waals surface area contributed by atoms with Gasteiger partial charge in [0.1, 0.15) is 5.03 Å². The molecule has 118 valence electrons. The Morgan fingerprint density at radius 2 is 1.86 bits per heavy atom. The van der Waals surface area contributed by atoms with Gasteiger partial charge in [-0.15, -0.1) is 11.8 Å². The molecule has 22 heavy (non-hydrogen) atoms. The summed E-state index contributed by atoms with van der Waals surface area (Å²) < 4.78 is 26.4. The second kappa shape index (κ2) is 6.10. The van der Waals surface area contributed by atoms with E-state index in [1.54, 1.807) is 37.5 Å². The molecule has 0 spiro atoms. The smallest absolute Gasteiger partial charge is 0.413 e. The molecular formula is C14H14BrNO4S2. The minimum absolute atomic E-state index is 0.0456. The third-order valence-electron chi connectivity index (χ3n) is 3.02. The van der Waals surface area contributed by atoms with Crippen molar-refractivity contribution in [3.8, 4) is 0 Å². The topological polar surface area (TPSA) is 74.7 Å². The minimum Gasteiger partial charge on any atom is -0.465 e. The van der Waals surface area contributed by atoms with E-state index in [1.165, 1.54) is 30.0 Å². The normalized spacial score (nSPS) is 17.8. The van der Waals surface area contributed by atoms with Crippen LogP contribution >= 0.6 is 27.7 Å². The second-order valence-corrected chi connectivity index (χ2v) is 9.29. The zero-order valence-corrected chi connectivity index (χ0v) is 15.1. The molecule has 1 aromatic carbocycles. The highest BCUT2D eigenvalue weighted by Crippen LogP contribution is 2.38. The van der Waals surface area contributed by atoms with Crippen LogP contribution in [0.25, 0.3) is 0 Å². The number of sulfone groups is 1. The predicted octanol–water partition coefficient (Wildman–Crippen LogP) is 4.04. The maximum absolute atomic E-state index is 12.8. The molecule has 0 aromatic heterocycles. The van der Waals surface area contributed by atoms with Crippen LogP contribution in [0.2, 0.25) is 0 Å². The molecule has 5 nitrogen and oxygen atoms in total. The Balaban J connectivity index is 2.60. The Kier molecular flexibility index (Phi) is 4.74. The zero-order chi connectivity index (χ0) is 16.5. The van der Waals surface area contributed by atoms with Crippen molar-refractivity contribution >= 4 is 43.6 Å². The highest BCUT2D eigenvalue weighted by atomic mass is 79.9. The lowest BCUT2D eigenvalue weighted by molar-refractivity contribution is 0.145. The summed E-state index contributed by atoms with van der Waals surface area (Å²) in [5.41, 5.74) is 0. The van der Waals surface area contributed by atoms with Crippen LogP contribution in [0, 0.1) is 0 Å². The van der Waals surface area contributed by atoms with Crippen molar-refractivity contribution in [1.29, 1.82) is 0 Å². The molecule has 0 bridgehead atoms. The molecule has 0 unspecified atom stereocenters. The maximum Gasteiger partial charge on any atom is 0.413 e. The zero-order valence-electron chi connectivity index (χ0n) is 11.9. The number of hydrogen-bond acceptors (Lipinski definition) is 4. The number of allylic oxidation sites excluding steroid dienone is 2. The molecule has 1 N–H and O–H groups in total. The van der Waals surface area contributed by atoms with Crippen LogP contribution in [0.15, 0.2) is 56.2 Å². The highest BCUT2D eigenvalue weighted by Gasteiger charge is 2.40. The van der Waals surface area contributed by atoms with E-state index in [0.29, 0.717) is 0 Å². The summed E-state index contributed by atoms with van der Waals surface area (Å²) in [6.45, 7) is 3.32. The van der Waals surface area contributed by atoms with Gasteiger partial charge in [-0.2, -0.15) is 0 Å². The van der Waals surface area contributed by atoms with Gasteiger partial charge in [0.15, 0.2) is 0 Å². The van der Waals surface area contributed by atoms with Crippen LogP contribution in [0.4, 0.5) is 4.79 Å². The number of carbonyl (C=O) groups is 1. The fourth-order valence-electron chi connectivity index (χ4n) is 1.99. The standard InChI is InChI=1S/C14H14BrNO4S2/c1-14(2)16(13(17)18)12(4-3-9-21-14)22(19,20)11-7-5-10(15)6-8-11/h3-9H,1-2H3,(H,17,18). The van der Waals surface area contributed by atoms with Gasteiger partial charge in [0.05, 0.1) is 9.77 Å². The van der Waals surface area contributed by atoms with Crippen molar-refractivity contribution in [3.05, 3.63) is 51.3 Å². The van der Waals surface area contributed by atoms with E-state index in [0.717, 1.165) is 9.37 Å². The Labute approximate surface area is 141 Å². The van der Waals surface area contributed by atoms with Crippen molar-refractivity contribution < 1.29 is 18.3 Å². The van der Waals surface area contributed by atoms with Gasteiger partial charge in [-0.1, -0.05) is 22.0 Å². The van der Waals surface area contributed by atoms with E-state index in [-0.39, 0.29) is 9.92 Å². The Hall–Kier alpha value is -1.25. The van der Waals surface area contributed by atoms with Crippen molar-refractivity contribution in [1.82, 2.24) is 4.90 Å². The monoisotopic (exact) mass is 403 g/mol. The van der Waals surface area contributed by atoms with Gasteiger partial charge >= 0.3 is 6.09 Å². The third-order valence-corrected chi connectivity index (χ3v) is 6.37. The molecular weight excluding hydrogens is 390 g/mol. The molecule has 0 saturated carbocycles. The summed E-state index contributed by atoms with van der Waals surface area (Å²) in [5.74, 6) is 0. The average molecular weight is 404 g/mol. The number of thioether (sulfide) groups is 1. The summed E-state index contributed by atoms with van der Waals surface area (Å²) in [6, 6.07) is 6.08. The molecule has 0 radical (unpaired) electrons. The Morgan fingerprint density at radius 1 is 1.27 bits per heavy atom. The lowest BCUT2D eigenvalue weighted by Crippen LogP contribution is -2.45. The number of hydrogen-bond donors (Lipinski definition) is 1. The van der Waals surface area contributed by atoms with E-state index >= 15 is 0 Å². The summed E-state index contributed by atoms with van der Waals surface area (Å²) in [7, 11) is -3.95. The lowest BCUT2D eigenvalue weighted by atomic mass is 10.3. The van der Waals surface area contributed by atoms with Crippen LogP contribution in [0.3, 0.4) is 0 Å². The van der Waals surface area contributed by atoms with Gasteiger partial charge in [0.2, 0.25) is 9.84 Å². The molecule has 1 amide bonds. The molecule has 0 aliphatic carbocycles. The van der Waals surface area contributed by atoms with Crippen molar-refractivity contribution in [3.63, 3.8) is 0 Å². The average Bonchev–Trinajstić information content (AvgIpc) is 2.57. The van der Waals surface area contributed by atoms with E-state index < -0.39 is 20.8 Å². The number of amides is 1. The van der Waals surface area contributed by atoms with E-state index in [9.17, 15) is 18.3 Å². The third kappa shape index (κ3) is 3.23. The first kappa shape index (κ1) is 17.1. The van der Waals surface area contributed by atoms with Gasteiger partial charge in [-0.05, 0) is 49.6 Å². The lowest BCUT2D eigenvalue weighted by Gasteiger charge is -2.35. The molecule has 2 rings (SSSR count). The van der Waals surface area contributed by atoms with Crippen molar-refractivity contribution in [2.24, 2.45) is 0 Å². The first-order valence-electron chi connectivity index (χ1n) is 6.25. The van der Waals surface area contributed by atoms with Crippen LogP contribution in [-0.2, 0) is 9.84 Å². The molecule has 1 heterocycles. The Morgan fingerprint density at radius 3 is 2.41 bits per heavy atom. The highest BCUT2D eigenvalue weighted by molar-refractivity contribution is 9.10. The van der Waals surface area contributed by atoms with Gasteiger partial charge in [-0.3, -0.25) is 4.90 Å². The van der Waals surface area contributed by atoms with Crippen molar-refractivity contribution in [2.75, 3.05) is 0 Å². The minimum atomic E-state index is -3.95. The fraction of sp³-hybridized carbons (Fsp3) is 0.214. The van der Waals surface area contributed by atoms with Gasteiger partial charge in [-0.25, -0.2) is 13.2 Å². The van der Waals surface area contributed by atoms with E-state index in [2.05, 4.69) is 15.9 Å². The molecule has 1 aliphatic heterocycles. The quantitative estimate of drug-likeness (QED) is 0.805. The van der Waals surface area contributed by atoms with Gasteiger partial charge in [0, 0.05) is 4.47 Å². The molecule has 1 aromatic rings. The number of halogens is 1. The molecule has 1 aliphatic rings. The van der Waals surface area contributed by atoms with Crippen LogP contribution in [0.1, 0.15) is 13.8 Å². The van der Waals surface area contributed by atoms with E-state index in [1.807, 2.05) is 0 Å².